The monoisotopic (exact) mass is 347 g/mol. The fraction of sp³-hybridized carbons (Fsp3) is 0.588. The average molecular weight is 347 g/mol. The first kappa shape index (κ1) is 16.0. The van der Waals surface area contributed by atoms with E-state index < -0.39 is 11.4 Å². The maximum atomic E-state index is 12.4. The van der Waals surface area contributed by atoms with Crippen molar-refractivity contribution in [1.82, 2.24) is 15.1 Å². The minimum Gasteiger partial charge on any atom is -0.481 e. The first-order valence-electron chi connectivity index (χ1n) is 8.57. The summed E-state index contributed by atoms with van der Waals surface area (Å²) in [5, 5.41) is 12.6. The van der Waals surface area contributed by atoms with Crippen molar-refractivity contribution in [3.05, 3.63) is 24.2 Å². The molecule has 3 amide bonds. The van der Waals surface area contributed by atoms with Crippen LogP contribution < -0.4 is 5.32 Å². The van der Waals surface area contributed by atoms with Crippen LogP contribution in [0.25, 0.3) is 0 Å². The second kappa shape index (κ2) is 5.79. The van der Waals surface area contributed by atoms with Crippen LogP contribution >= 0.6 is 0 Å². The molecule has 1 aromatic heterocycles. The van der Waals surface area contributed by atoms with Crippen LogP contribution in [0.15, 0.2) is 22.8 Å². The molecule has 0 radical (unpaired) electrons. The summed E-state index contributed by atoms with van der Waals surface area (Å²) >= 11 is 0. The van der Waals surface area contributed by atoms with Gasteiger partial charge in [-0.15, -0.1) is 0 Å². The maximum Gasteiger partial charge on any atom is 0.317 e. The van der Waals surface area contributed by atoms with Gasteiger partial charge in [-0.25, -0.2) is 4.79 Å². The number of carboxylic acid groups (broad SMARTS) is 1. The van der Waals surface area contributed by atoms with E-state index >= 15 is 0 Å². The van der Waals surface area contributed by atoms with E-state index in [4.69, 9.17) is 4.42 Å². The predicted molar refractivity (Wildman–Crippen MR) is 85.4 cm³/mol. The number of urea groups is 1. The van der Waals surface area contributed by atoms with Gasteiger partial charge in [-0.1, -0.05) is 0 Å². The molecule has 1 saturated carbocycles. The van der Waals surface area contributed by atoms with Crippen LogP contribution in [0.1, 0.15) is 18.6 Å². The molecule has 1 aromatic rings. The first-order valence-corrected chi connectivity index (χ1v) is 8.57. The summed E-state index contributed by atoms with van der Waals surface area (Å²) in [7, 11) is 0. The molecule has 3 fully saturated rings. The SMILES string of the molecule is O=C(NCc1ccco1)N1C[C@H]2CN(C(=O)C3CC3)C[C@@]2(C(=O)O)C1. The Hall–Kier alpha value is -2.51. The van der Waals surface area contributed by atoms with Gasteiger partial charge in [0.25, 0.3) is 0 Å². The Morgan fingerprint density at radius 2 is 1.96 bits per heavy atom. The van der Waals surface area contributed by atoms with E-state index in [9.17, 15) is 19.5 Å². The van der Waals surface area contributed by atoms with Crippen LogP contribution in [0, 0.1) is 17.3 Å². The number of rotatable bonds is 4. The van der Waals surface area contributed by atoms with Gasteiger partial charge in [-0.3, -0.25) is 9.59 Å². The highest BCUT2D eigenvalue weighted by Crippen LogP contribution is 2.44. The van der Waals surface area contributed by atoms with E-state index in [0.717, 1.165) is 12.8 Å². The zero-order chi connectivity index (χ0) is 17.6. The Morgan fingerprint density at radius 3 is 2.56 bits per heavy atom. The van der Waals surface area contributed by atoms with Crippen molar-refractivity contribution in [2.24, 2.45) is 17.3 Å². The van der Waals surface area contributed by atoms with Gasteiger partial charge in [0.2, 0.25) is 5.91 Å². The number of nitrogens with zero attached hydrogens (tertiary/aromatic N) is 2. The van der Waals surface area contributed by atoms with Crippen molar-refractivity contribution in [3.8, 4) is 0 Å². The van der Waals surface area contributed by atoms with Gasteiger partial charge < -0.3 is 24.6 Å². The lowest BCUT2D eigenvalue weighted by molar-refractivity contribution is -0.149. The second-order valence-electron chi connectivity index (χ2n) is 7.27. The average Bonchev–Trinajstić information content (AvgIpc) is 3.02. The quantitative estimate of drug-likeness (QED) is 0.836. The Balaban J connectivity index is 1.41. The molecule has 0 unspecified atom stereocenters. The Labute approximate surface area is 144 Å². The van der Waals surface area contributed by atoms with Crippen molar-refractivity contribution in [3.63, 3.8) is 0 Å². The van der Waals surface area contributed by atoms with Gasteiger partial charge >= 0.3 is 12.0 Å². The molecule has 25 heavy (non-hydrogen) atoms. The lowest BCUT2D eigenvalue weighted by Gasteiger charge is -2.25. The number of aliphatic carboxylic acids is 1. The largest absolute Gasteiger partial charge is 0.481 e. The number of hydrogen-bond acceptors (Lipinski definition) is 4. The van der Waals surface area contributed by atoms with Crippen LogP contribution in [0.3, 0.4) is 0 Å². The number of nitrogens with one attached hydrogen (secondary N) is 1. The number of carbonyl (C=O) groups is 3. The lowest BCUT2D eigenvalue weighted by atomic mass is 9.81. The van der Waals surface area contributed by atoms with Crippen molar-refractivity contribution < 1.29 is 23.9 Å². The van der Waals surface area contributed by atoms with Crippen LogP contribution in [0.5, 0.6) is 0 Å². The first-order chi connectivity index (χ1) is 12.0. The number of carbonyl (C=O) groups excluding carboxylic acids is 2. The molecule has 4 rings (SSSR count). The Kier molecular flexibility index (Phi) is 3.70. The molecule has 8 heteroatoms. The molecule has 0 spiro atoms. The molecule has 0 bridgehead atoms. The third-order valence-electron chi connectivity index (χ3n) is 5.55. The van der Waals surface area contributed by atoms with Gasteiger partial charge in [0.1, 0.15) is 11.2 Å². The summed E-state index contributed by atoms with van der Waals surface area (Å²) in [6, 6.07) is 3.21. The molecule has 8 nitrogen and oxygen atoms in total. The number of amides is 3. The standard InChI is InChI=1S/C17H21N3O5/c21-14(11-3-4-11)19-7-12-8-20(10-17(12,9-19)15(22)23)16(24)18-6-13-2-1-5-25-13/h1-2,5,11-12H,3-4,6-10H2,(H,18,24)(H,22,23)/t12-,17-/m1/s1. The van der Waals surface area contributed by atoms with Crippen molar-refractivity contribution in [1.29, 1.82) is 0 Å². The molecule has 2 atom stereocenters. The molecule has 134 valence electrons. The Morgan fingerprint density at radius 1 is 1.24 bits per heavy atom. The van der Waals surface area contributed by atoms with Gasteiger partial charge in [-0.2, -0.15) is 0 Å². The normalized spacial score (nSPS) is 28.1. The molecular formula is C17H21N3O5. The number of fused-ring (bicyclic) bond motifs is 1. The zero-order valence-electron chi connectivity index (χ0n) is 13.8. The molecule has 0 aromatic carbocycles. The number of furan rings is 1. The van der Waals surface area contributed by atoms with Crippen LogP contribution in [-0.2, 0) is 16.1 Å². The summed E-state index contributed by atoms with van der Waals surface area (Å²) < 4.78 is 5.18. The summed E-state index contributed by atoms with van der Waals surface area (Å²) in [6.07, 6.45) is 3.34. The van der Waals surface area contributed by atoms with Gasteiger partial charge in [0.15, 0.2) is 0 Å². The van der Waals surface area contributed by atoms with Gasteiger partial charge in [-0.05, 0) is 25.0 Å². The smallest absolute Gasteiger partial charge is 0.317 e. The molecule has 2 saturated heterocycles. The lowest BCUT2D eigenvalue weighted by Crippen LogP contribution is -2.45. The van der Waals surface area contributed by atoms with Gasteiger partial charge in [0.05, 0.1) is 12.8 Å². The highest BCUT2D eigenvalue weighted by molar-refractivity contribution is 5.85. The van der Waals surface area contributed by atoms with Crippen molar-refractivity contribution >= 4 is 17.9 Å². The fourth-order valence-corrected chi connectivity index (χ4v) is 3.97. The van der Waals surface area contributed by atoms with E-state index in [1.54, 1.807) is 21.9 Å². The number of likely N-dealkylation sites (tertiary alicyclic amines) is 2. The minimum absolute atomic E-state index is 0.0730. The van der Waals surface area contributed by atoms with E-state index in [2.05, 4.69) is 5.32 Å². The van der Waals surface area contributed by atoms with E-state index in [1.165, 1.54) is 6.26 Å². The summed E-state index contributed by atoms with van der Waals surface area (Å²) in [5.74, 6) is -0.352. The predicted octanol–water partition coefficient (Wildman–Crippen LogP) is 0.744. The zero-order valence-corrected chi connectivity index (χ0v) is 13.8. The third kappa shape index (κ3) is 2.75. The van der Waals surface area contributed by atoms with E-state index in [-0.39, 0.29) is 43.4 Å². The third-order valence-corrected chi connectivity index (χ3v) is 5.55. The number of hydrogen-bond donors (Lipinski definition) is 2. The topological polar surface area (TPSA) is 103 Å². The highest BCUT2D eigenvalue weighted by atomic mass is 16.4. The van der Waals surface area contributed by atoms with Crippen LogP contribution in [0.2, 0.25) is 0 Å². The molecule has 1 aliphatic carbocycles. The molecule has 2 aliphatic heterocycles. The van der Waals surface area contributed by atoms with E-state index in [1.807, 2.05) is 0 Å². The van der Waals surface area contributed by atoms with Crippen molar-refractivity contribution in [2.75, 3.05) is 26.2 Å². The Bertz CT molecular complexity index is 699. The summed E-state index contributed by atoms with van der Waals surface area (Å²) in [6.45, 7) is 1.36. The molecule has 3 aliphatic rings. The number of carboxylic acids is 1. The highest BCUT2D eigenvalue weighted by Gasteiger charge is 2.60. The van der Waals surface area contributed by atoms with Crippen LogP contribution in [0.4, 0.5) is 4.79 Å². The van der Waals surface area contributed by atoms with Gasteiger partial charge in [0, 0.05) is 38.0 Å². The molecule has 2 N–H and O–H groups in total. The van der Waals surface area contributed by atoms with Crippen LogP contribution in [-0.4, -0.2) is 59.0 Å². The fourth-order valence-electron chi connectivity index (χ4n) is 3.97. The summed E-state index contributed by atoms with van der Waals surface area (Å²) in [4.78, 5) is 39.8. The minimum atomic E-state index is -1.05. The molecule has 3 heterocycles. The van der Waals surface area contributed by atoms with Crippen molar-refractivity contribution in [2.45, 2.75) is 19.4 Å². The maximum absolute atomic E-state index is 12.4. The van der Waals surface area contributed by atoms with E-state index in [0.29, 0.717) is 18.8 Å². The summed E-state index contributed by atoms with van der Waals surface area (Å²) in [5.41, 5.74) is -1.05. The molecular weight excluding hydrogens is 326 g/mol. The second-order valence-corrected chi connectivity index (χ2v) is 7.27.